The van der Waals surface area contributed by atoms with Crippen LogP contribution in [-0.2, 0) is 14.3 Å². The Morgan fingerprint density at radius 2 is 1.65 bits per heavy atom. The van der Waals surface area contributed by atoms with Crippen molar-refractivity contribution in [2.45, 2.75) is 6.61 Å². The molecule has 0 aliphatic carbocycles. The van der Waals surface area contributed by atoms with E-state index < -0.39 is 31.0 Å². The van der Waals surface area contributed by atoms with Gasteiger partial charge in [0.15, 0.2) is 6.61 Å². The smallest absolute Gasteiger partial charge is 0.387 e. The minimum absolute atomic E-state index is 0.0432. The Labute approximate surface area is 176 Å². The van der Waals surface area contributed by atoms with Crippen LogP contribution in [0.5, 0.6) is 11.5 Å². The van der Waals surface area contributed by atoms with E-state index in [-0.39, 0.29) is 11.3 Å². The number of ether oxygens (including phenoxy) is 3. The van der Waals surface area contributed by atoms with E-state index in [1.807, 2.05) is 5.32 Å². The molecule has 9 heteroatoms. The number of carbonyl (C=O) groups excluding carboxylic acids is 3. The summed E-state index contributed by atoms with van der Waals surface area (Å²) in [4.78, 5) is 35.4. The van der Waals surface area contributed by atoms with Crippen LogP contribution in [-0.4, -0.2) is 37.6 Å². The topological polar surface area (TPSA) is 90.9 Å². The quantitative estimate of drug-likeness (QED) is 0.352. The molecule has 2 aromatic carbocycles. The summed E-state index contributed by atoms with van der Waals surface area (Å²) in [6.07, 6.45) is 4.25. The van der Waals surface area contributed by atoms with E-state index in [9.17, 15) is 23.2 Å². The van der Waals surface area contributed by atoms with E-state index >= 15 is 0 Å². The first kappa shape index (κ1) is 23.3. The maximum absolute atomic E-state index is 12.1. The summed E-state index contributed by atoms with van der Waals surface area (Å²) in [5, 5.41) is 2.02. The van der Waals surface area contributed by atoms with Crippen molar-refractivity contribution in [2.24, 2.45) is 0 Å². The molecule has 0 spiro atoms. The van der Waals surface area contributed by atoms with Crippen LogP contribution in [0.2, 0.25) is 0 Å². The lowest BCUT2D eigenvalue weighted by atomic mass is 10.2. The third-order valence-electron chi connectivity index (χ3n) is 3.60. The molecule has 0 radical (unpaired) electrons. The zero-order valence-electron chi connectivity index (χ0n) is 16.3. The Morgan fingerprint density at radius 1 is 1.00 bits per heavy atom. The molecule has 0 fully saturated rings. The van der Waals surface area contributed by atoms with Crippen molar-refractivity contribution in [2.75, 3.05) is 13.2 Å². The van der Waals surface area contributed by atoms with Crippen molar-refractivity contribution in [3.05, 3.63) is 78.4 Å². The van der Waals surface area contributed by atoms with E-state index in [0.29, 0.717) is 17.9 Å². The Morgan fingerprint density at radius 3 is 2.26 bits per heavy atom. The first-order valence-corrected chi connectivity index (χ1v) is 8.95. The highest BCUT2D eigenvalue weighted by Gasteiger charge is 2.12. The highest BCUT2D eigenvalue weighted by atomic mass is 19.3. The number of esters is 1. The molecule has 0 aliphatic heterocycles. The zero-order valence-corrected chi connectivity index (χ0v) is 16.3. The average Bonchev–Trinajstić information content (AvgIpc) is 2.75. The average molecular weight is 431 g/mol. The fourth-order valence-electron chi connectivity index (χ4n) is 2.20. The molecule has 0 aromatic heterocycles. The molecule has 0 heterocycles. The molecule has 0 saturated carbocycles. The number of hydrogen-bond donors (Lipinski definition) is 1. The maximum atomic E-state index is 12.1. The van der Waals surface area contributed by atoms with Gasteiger partial charge in [-0.1, -0.05) is 24.8 Å². The number of hydrogen-bond acceptors (Lipinski definition) is 6. The molecule has 0 bridgehead atoms. The number of imide groups is 1. The van der Waals surface area contributed by atoms with Gasteiger partial charge < -0.3 is 14.2 Å². The van der Waals surface area contributed by atoms with E-state index in [1.54, 1.807) is 30.3 Å². The zero-order chi connectivity index (χ0) is 22.6. The number of rotatable bonds is 10. The van der Waals surface area contributed by atoms with Gasteiger partial charge >= 0.3 is 12.6 Å². The number of carbonyl (C=O) groups is 3. The van der Waals surface area contributed by atoms with Gasteiger partial charge in [-0.05, 0) is 48.0 Å². The van der Waals surface area contributed by atoms with Gasteiger partial charge in [0, 0.05) is 11.6 Å². The van der Waals surface area contributed by atoms with Gasteiger partial charge in [-0.25, -0.2) is 4.79 Å². The third-order valence-corrected chi connectivity index (χ3v) is 3.60. The van der Waals surface area contributed by atoms with E-state index in [0.717, 1.165) is 18.2 Å². The van der Waals surface area contributed by atoms with E-state index in [4.69, 9.17) is 9.47 Å². The van der Waals surface area contributed by atoms with Crippen LogP contribution in [0.1, 0.15) is 15.9 Å². The molecular formula is C22H19F2NO6. The normalized spacial score (nSPS) is 10.5. The monoisotopic (exact) mass is 431 g/mol. The van der Waals surface area contributed by atoms with E-state index in [1.165, 1.54) is 18.2 Å². The van der Waals surface area contributed by atoms with Crippen LogP contribution in [0.4, 0.5) is 8.78 Å². The van der Waals surface area contributed by atoms with Crippen molar-refractivity contribution in [3.8, 4) is 11.5 Å². The van der Waals surface area contributed by atoms with Crippen LogP contribution in [0, 0.1) is 0 Å². The first-order valence-electron chi connectivity index (χ1n) is 8.95. The highest BCUT2D eigenvalue weighted by molar-refractivity contribution is 6.05. The summed E-state index contributed by atoms with van der Waals surface area (Å²) in [6.45, 7) is 0.276. The second-order valence-electron chi connectivity index (χ2n) is 5.89. The summed E-state index contributed by atoms with van der Waals surface area (Å²) in [5.74, 6) is -1.87. The predicted octanol–water partition coefficient (Wildman–Crippen LogP) is 3.37. The fourth-order valence-corrected chi connectivity index (χ4v) is 2.20. The van der Waals surface area contributed by atoms with Crippen LogP contribution in [0.15, 0.2) is 67.3 Å². The molecule has 2 rings (SSSR count). The summed E-state index contributed by atoms with van der Waals surface area (Å²) >= 11 is 0. The van der Waals surface area contributed by atoms with Gasteiger partial charge in [-0.3, -0.25) is 14.9 Å². The highest BCUT2D eigenvalue weighted by Crippen LogP contribution is 2.15. The second kappa shape index (κ2) is 11.9. The van der Waals surface area contributed by atoms with Gasteiger partial charge in [0.05, 0.1) is 0 Å². The molecule has 0 unspecified atom stereocenters. The Balaban J connectivity index is 1.77. The molecule has 2 aromatic rings. The first-order chi connectivity index (χ1) is 14.9. The molecule has 31 heavy (non-hydrogen) atoms. The second-order valence-corrected chi connectivity index (χ2v) is 5.89. The largest absolute Gasteiger partial charge is 0.490 e. The molecule has 7 nitrogen and oxygen atoms in total. The summed E-state index contributed by atoms with van der Waals surface area (Å²) in [6, 6.07) is 11.6. The molecule has 162 valence electrons. The van der Waals surface area contributed by atoms with Crippen LogP contribution < -0.4 is 14.8 Å². The van der Waals surface area contributed by atoms with Crippen LogP contribution in [0.3, 0.4) is 0 Å². The summed E-state index contributed by atoms with van der Waals surface area (Å²) in [5.41, 5.74) is 0.753. The maximum Gasteiger partial charge on any atom is 0.387 e. The van der Waals surface area contributed by atoms with Crippen molar-refractivity contribution in [1.29, 1.82) is 0 Å². The number of benzene rings is 2. The Hall–Kier alpha value is -4.01. The summed E-state index contributed by atoms with van der Waals surface area (Å²) in [7, 11) is 0. The van der Waals surface area contributed by atoms with Crippen molar-refractivity contribution in [3.63, 3.8) is 0 Å². The standard InChI is InChI=1S/C22H19F2NO6/c1-2-13-29-17-8-3-15(4-9-17)5-12-20(27)30-14-19(26)25-21(28)16-6-10-18(11-7-16)31-22(23)24/h2-12,22H,1,13-14H2,(H,25,26,28)/b12-5+. The van der Waals surface area contributed by atoms with Crippen molar-refractivity contribution >= 4 is 23.9 Å². The lowest BCUT2D eigenvalue weighted by Crippen LogP contribution is -2.34. The van der Waals surface area contributed by atoms with Gasteiger partial charge in [-0.2, -0.15) is 8.78 Å². The molecule has 1 N–H and O–H groups in total. The molecule has 0 aliphatic rings. The molecule has 2 amide bonds. The minimum atomic E-state index is -2.99. The number of nitrogens with one attached hydrogen (secondary N) is 1. The fraction of sp³-hybridized carbons (Fsp3) is 0.136. The van der Waals surface area contributed by atoms with Gasteiger partial charge in [0.2, 0.25) is 0 Å². The van der Waals surface area contributed by atoms with E-state index in [2.05, 4.69) is 11.3 Å². The van der Waals surface area contributed by atoms with Crippen molar-refractivity contribution in [1.82, 2.24) is 5.32 Å². The number of alkyl halides is 2. The van der Waals surface area contributed by atoms with Gasteiger partial charge in [0.1, 0.15) is 18.1 Å². The van der Waals surface area contributed by atoms with Crippen LogP contribution in [0.25, 0.3) is 6.08 Å². The molecular weight excluding hydrogens is 412 g/mol. The van der Waals surface area contributed by atoms with Crippen molar-refractivity contribution < 1.29 is 37.4 Å². The number of halogens is 2. The lowest BCUT2D eigenvalue weighted by molar-refractivity contribution is -0.143. The van der Waals surface area contributed by atoms with Gasteiger partial charge in [0.25, 0.3) is 11.8 Å². The Bertz CT molecular complexity index is 939. The lowest BCUT2D eigenvalue weighted by Gasteiger charge is -2.06. The molecule has 0 saturated heterocycles. The van der Waals surface area contributed by atoms with Crippen LogP contribution >= 0.6 is 0 Å². The minimum Gasteiger partial charge on any atom is -0.490 e. The number of amides is 2. The predicted molar refractivity (Wildman–Crippen MR) is 108 cm³/mol. The SMILES string of the molecule is C=CCOc1ccc(/C=C/C(=O)OCC(=O)NC(=O)c2ccc(OC(F)F)cc2)cc1. The Kier molecular flexibility index (Phi) is 8.90. The molecule has 0 atom stereocenters. The summed E-state index contributed by atoms with van der Waals surface area (Å²) < 4.78 is 38.5. The van der Waals surface area contributed by atoms with Gasteiger partial charge in [-0.15, -0.1) is 0 Å². The third kappa shape index (κ3) is 8.48.